The number of ether oxygens (including phenoxy) is 4. The summed E-state index contributed by atoms with van der Waals surface area (Å²) in [5.74, 6) is -1.34. The average molecular weight is 1410 g/mol. The number of esters is 4. The summed E-state index contributed by atoms with van der Waals surface area (Å²) in [5.41, 5.74) is 0. The minimum atomic E-state index is -4.96. The first-order valence-electron chi connectivity index (χ1n) is 40.1. The van der Waals surface area contributed by atoms with Crippen LogP contribution in [0.2, 0.25) is 0 Å². The van der Waals surface area contributed by atoms with Crippen LogP contribution in [0.25, 0.3) is 0 Å². The second-order valence-electron chi connectivity index (χ2n) is 28.2. The Morgan fingerprint density at radius 2 is 0.479 bits per heavy atom. The number of aliphatic hydroxyl groups excluding tert-OH is 1. The summed E-state index contributed by atoms with van der Waals surface area (Å²) in [4.78, 5) is 72.5. The van der Waals surface area contributed by atoms with Gasteiger partial charge in [-0.15, -0.1) is 0 Å². The molecule has 0 aliphatic heterocycles. The Morgan fingerprint density at radius 3 is 0.708 bits per heavy atom. The minimum Gasteiger partial charge on any atom is -0.462 e. The van der Waals surface area contributed by atoms with Crippen molar-refractivity contribution < 1.29 is 80.2 Å². The topological polar surface area (TPSA) is 237 Å². The average Bonchev–Trinajstić information content (AvgIpc) is 1.11. The minimum absolute atomic E-state index is 0.107. The first kappa shape index (κ1) is 94.1. The van der Waals surface area contributed by atoms with Gasteiger partial charge in [-0.3, -0.25) is 37.3 Å². The predicted octanol–water partition coefficient (Wildman–Crippen LogP) is 22.9. The first-order chi connectivity index (χ1) is 46.5. The maximum absolute atomic E-state index is 13.1. The molecular formula is C77H150O17P2. The van der Waals surface area contributed by atoms with Crippen molar-refractivity contribution in [1.82, 2.24) is 0 Å². The molecule has 0 aliphatic rings. The Hall–Kier alpha value is -1.94. The van der Waals surface area contributed by atoms with Gasteiger partial charge in [0.25, 0.3) is 0 Å². The fourth-order valence-electron chi connectivity index (χ4n) is 11.9. The van der Waals surface area contributed by atoms with Crippen LogP contribution in [0.15, 0.2) is 0 Å². The third-order valence-corrected chi connectivity index (χ3v) is 19.9. The number of aliphatic hydroxyl groups is 1. The molecule has 17 nitrogen and oxygen atoms in total. The van der Waals surface area contributed by atoms with Crippen molar-refractivity contribution in [3.8, 4) is 0 Å². The van der Waals surface area contributed by atoms with Gasteiger partial charge in [0.15, 0.2) is 12.2 Å². The molecule has 2 unspecified atom stereocenters. The molecule has 0 saturated carbocycles. The number of hydrogen-bond acceptors (Lipinski definition) is 15. The van der Waals surface area contributed by atoms with Gasteiger partial charge in [0.2, 0.25) is 0 Å². The SMILES string of the molecule is CCCCCCCCCCCCCCCCCCCCCCCCC(=O)O[C@H](COC(=O)CCCCCCCCCCCCCCC(C)C)COP(=O)(O)OC[C@@H](O)COP(=O)(O)OC[C@@H](COC(=O)CCCCCCC)OC(=O)CCCCCCCCCCCCCCCC. The molecule has 0 aromatic carbocycles. The highest BCUT2D eigenvalue weighted by Crippen LogP contribution is 2.45. The number of rotatable bonds is 77. The number of carbonyl (C=O) groups excluding carboxylic acids is 4. The Balaban J connectivity index is 5.11. The van der Waals surface area contributed by atoms with Gasteiger partial charge in [-0.2, -0.15) is 0 Å². The molecule has 0 bridgehead atoms. The molecule has 0 aromatic rings. The summed E-state index contributed by atoms with van der Waals surface area (Å²) < 4.78 is 68.3. The van der Waals surface area contributed by atoms with Gasteiger partial charge in [0.1, 0.15) is 19.3 Å². The highest BCUT2D eigenvalue weighted by atomic mass is 31.2. The van der Waals surface area contributed by atoms with Crippen LogP contribution >= 0.6 is 15.6 Å². The molecule has 5 atom stereocenters. The highest BCUT2D eigenvalue weighted by Gasteiger charge is 2.30. The first-order valence-corrected chi connectivity index (χ1v) is 43.1. The van der Waals surface area contributed by atoms with Crippen LogP contribution in [0.3, 0.4) is 0 Å². The Labute approximate surface area is 588 Å². The number of hydrogen-bond donors (Lipinski definition) is 3. The van der Waals surface area contributed by atoms with Crippen LogP contribution < -0.4 is 0 Å². The van der Waals surface area contributed by atoms with E-state index in [4.69, 9.17) is 37.0 Å². The maximum atomic E-state index is 13.1. The zero-order chi connectivity index (χ0) is 70.5. The van der Waals surface area contributed by atoms with Crippen molar-refractivity contribution in [1.29, 1.82) is 0 Å². The Kier molecular flexibility index (Phi) is 68.7. The van der Waals surface area contributed by atoms with Crippen LogP contribution in [0.4, 0.5) is 0 Å². The number of phosphoric acid groups is 2. The monoisotopic (exact) mass is 1410 g/mol. The lowest BCUT2D eigenvalue weighted by Crippen LogP contribution is -2.30. The largest absolute Gasteiger partial charge is 0.472 e. The van der Waals surface area contributed by atoms with E-state index >= 15 is 0 Å². The molecule has 0 amide bonds. The van der Waals surface area contributed by atoms with E-state index in [-0.39, 0.29) is 25.7 Å². The number of phosphoric ester groups is 2. The molecule has 0 heterocycles. The van der Waals surface area contributed by atoms with Crippen molar-refractivity contribution in [2.24, 2.45) is 5.92 Å². The van der Waals surface area contributed by atoms with E-state index in [1.165, 1.54) is 225 Å². The summed E-state index contributed by atoms with van der Waals surface area (Å²) in [5, 5.41) is 10.6. The van der Waals surface area contributed by atoms with E-state index in [1.807, 2.05) is 0 Å². The fraction of sp³-hybridized carbons (Fsp3) is 0.948. The molecule has 3 N–H and O–H groups in total. The summed E-state index contributed by atoms with van der Waals surface area (Å²) >= 11 is 0. The molecule has 0 radical (unpaired) electrons. The van der Waals surface area contributed by atoms with E-state index in [2.05, 4.69) is 34.6 Å². The molecule has 0 saturated heterocycles. The summed E-state index contributed by atoms with van der Waals surface area (Å²) in [6.07, 6.45) is 60.2. The summed E-state index contributed by atoms with van der Waals surface area (Å²) in [6.45, 7) is 7.22. The normalized spacial score (nSPS) is 13.9. The zero-order valence-electron chi connectivity index (χ0n) is 62.5. The molecule has 0 rings (SSSR count). The third-order valence-electron chi connectivity index (χ3n) is 18.0. The zero-order valence-corrected chi connectivity index (χ0v) is 64.3. The van der Waals surface area contributed by atoms with Crippen molar-refractivity contribution >= 4 is 39.5 Å². The van der Waals surface area contributed by atoms with E-state index in [9.17, 15) is 43.2 Å². The molecule has 570 valence electrons. The lowest BCUT2D eigenvalue weighted by atomic mass is 10.0. The van der Waals surface area contributed by atoms with Crippen molar-refractivity contribution in [3.63, 3.8) is 0 Å². The van der Waals surface area contributed by atoms with Gasteiger partial charge in [-0.25, -0.2) is 9.13 Å². The molecule has 96 heavy (non-hydrogen) atoms. The predicted molar refractivity (Wildman–Crippen MR) is 391 cm³/mol. The molecule has 0 spiro atoms. The van der Waals surface area contributed by atoms with E-state index in [0.717, 1.165) is 102 Å². The smallest absolute Gasteiger partial charge is 0.462 e. The van der Waals surface area contributed by atoms with Gasteiger partial charge in [-0.05, 0) is 31.6 Å². The van der Waals surface area contributed by atoms with Gasteiger partial charge in [-0.1, -0.05) is 356 Å². The van der Waals surface area contributed by atoms with Gasteiger partial charge < -0.3 is 33.8 Å². The molecule has 0 aliphatic carbocycles. The van der Waals surface area contributed by atoms with Crippen molar-refractivity contribution in [2.75, 3.05) is 39.6 Å². The van der Waals surface area contributed by atoms with E-state index < -0.39 is 97.5 Å². The second kappa shape index (κ2) is 70.1. The maximum Gasteiger partial charge on any atom is 0.472 e. The highest BCUT2D eigenvalue weighted by molar-refractivity contribution is 7.47. The Morgan fingerprint density at radius 1 is 0.281 bits per heavy atom. The summed E-state index contributed by atoms with van der Waals surface area (Å²) in [7, 11) is -9.90. The van der Waals surface area contributed by atoms with Crippen LogP contribution in [-0.2, 0) is 65.4 Å². The van der Waals surface area contributed by atoms with E-state index in [0.29, 0.717) is 25.7 Å². The van der Waals surface area contributed by atoms with Crippen LogP contribution in [0.1, 0.15) is 407 Å². The Bertz CT molecular complexity index is 1840. The van der Waals surface area contributed by atoms with Gasteiger partial charge >= 0.3 is 39.5 Å². The lowest BCUT2D eigenvalue weighted by Gasteiger charge is -2.21. The molecule has 0 fully saturated rings. The standard InChI is InChI=1S/C77H150O17P2/c1-6-9-12-15-17-19-21-23-25-26-27-28-29-30-31-32-34-40-44-48-53-58-63-77(82)94-73(67-88-75(80)61-56-51-46-42-38-36-35-37-41-45-50-54-59-70(4)5)69-92-96(85,86)90-65-71(78)64-89-95(83,84)91-68-72(66-87-74(79)60-55-49-14-11-8-3)93-76(81)62-57-52-47-43-39-33-24-22-20-18-16-13-10-7-2/h70-73,78H,6-69H2,1-5H3,(H,83,84)(H,85,86)/t71-,72+,73+/m0/s1. The van der Waals surface area contributed by atoms with Crippen LogP contribution in [0.5, 0.6) is 0 Å². The van der Waals surface area contributed by atoms with Crippen LogP contribution in [-0.4, -0.2) is 96.7 Å². The third kappa shape index (κ3) is 70.5. The molecule has 0 aromatic heterocycles. The van der Waals surface area contributed by atoms with Crippen LogP contribution in [0, 0.1) is 5.92 Å². The second-order valence-corrected chi connectivity index (χ2v) is 31.1. The van der Waals surface area contributed by atoms with Crippen molar-refractivity contribution in [2.45, 2.75) is 425 Å². The van der Waals surface area contributed by atoms with E-state index in [1.54, 1.807) is 0 Å². The molecular weight excluding hydrogens is 1260 g/mol. The number of unbranched alkanes of at least 4 members (excludes halogenated alkanes) is 49. The summed E-state index contributed by atoms with van der Waals surface area (Å²) in [6, 6.07) is 0. The van der Waals surface area contributed by atoms with Gasteiger partial charge in [0, 0.05) is 25.7 Å². The van der Waals surface area contributed by atoms with Gasteiger partial charge in [0.05, 0.1) is 26.4 Å². The molecule has 19 heteroatoms. The number of carbonyl (C=O) groups is 4. The lowest BCUT2D eigenvalue weighted by molar-refractivity contribution is -0.161. The quantitative estimate of drug-likeness (QED) is 0.0222. The fourth-order valence-corrected chi connectivity index (χ4v) is 13.5. The van der Waals surface area contributed by atoms with Crippen molar-refractivity contribution in [3.05, 3.63) is 0 Å².